The van der Waals surface area contributed by atoms with Gasteiger partial charge in [0, 0.05) is 6.92 Å². The Morgan fingerprint density at radius 2 is 2.36 bits per heavy atom. The van der Waals surface area contributed by atoms with Crippen molar-refractivity contribution >= 4 is 5.82 Å². The normalized spacial score (nSPS) is 11.9. The molecule has 0 aromatic carbocycles. The highest BCUT2D eigenvalue weighted by Crippen LogP contribution is 2.13. The standard InChI is InChI=1S/C7H11N3O3.H2O/c1-5(11)4-9-6(2)8-3-7(9)10(12)13;/h3,5,11H,4H2,1-2H3;1H2. The summed E-state index contributed by atoms with van der Waals surface area (Å²) in [6.07, 6.45) is 0.573. The van der Waals surface area contributed by atoms with Crippen LogP contribution in [0.15, 0.2) is 6.20 Å². The molecule has 0 aliphatic heterocycles. The minimum atomic E-state index is -0.619. The fourth-order valence-corrected chi connectivity index (χ4v) is 1.09. The Morgan fingerprint density at radius 3 is 2.79 bits per heavy atom. The Bertz CT molecular complexity index is 321. The number of hydrogen-bond donors (Lipinski definition) is 1. The van der Waals surface area contributed by atoms with Gasteiger partial charge < -0.3 is 20.7 Å². The number of aromatic nitrogens is 2. The molecule has 80 valence electrons. The van der Waals surface area contributed by atoms with Crippen molar-refractivity contribution in [1.29, 1.82) is 0 Å². The largest absolute Gasteiger partial charge is 0.412 e. The molecule has 1 rings (SSSR count). The van der Waals surface area contributed by atoms with Gasteiger partial charge in [-0.25, -0.2) is 9.55 Å². The summed E-state index contributed by atoms with van der Waals surface area (Å²) < 4.78 is 1.38. The van der Waals surface area contributed by atoms with Crippen LogP contribution in [0.2, 0.25) is 0 Å². The van der Waals surface area contributed by atoms with Crippen LogP contribution in [0.5, 0.6) is 0 Å². The number of aryl methyl sites for hydroxylation is 1. The van der Waals surface area contributed by atoms with Crippen molar-refractivity contribution < 1.29 is 15.5 Å². The number of aliphatic hydroxyl groups is 1. The van der Waals surface area contributed by atoms with Gasteiger partial charge in [-0.15, -0.1) is 0 Å². The first-order valence-corrected chi connectivity index (χ1v) is 3.87. The van der Waals surface area contributed by atoms with Crippen molar-refractivity contribution in [3.8, 4) is 0 Å². The summed E-state index contributed by atoms with van der Waals surface area (Å²) in [5.41, 5.74) is 0. The van der Waals surface area contributed by atoms with E-state index < -0.39 is 11.0 Å². The minimum absolute atomic E-state index is 0. The number of rotatable bonds is 3. The van der Waals surface area contributed by atoms with Gasteiger partial charge in [0.1, 0.15) is 12.7 Å². The van der Waals surface area contributed by atoms with Crippen molar-refractivity contribution in [2.45, 2.75) is 26.5 Å². The zero-order valence-electron chi connectivity index (χ0n) is 7.97. The summed E-state index contributed by atoms with van der Waals surface area (Å²) in [6.45, 7) is 3.43. The van der Waals surface area contributed by atoms with E-state index in [1.165, 1.54) is 10.8 Å². The molecule has 0 radical (unpaired) electrons. The molecule has 1 heterocycles. The van der Waals surface area contributed by atoms with E-state index in [1.807, 2.05) is 0 Å². The van der Waals surface area contributed by atoms with Crippen LogP contribution in [0, 0.1) is 17.0 Å². The van der Waals surface area contributed by atoms with Crippen LogP contribution in [0.4, 0.5) is 5.82 Å². The topological polar surface area (TPSA) is 113 Å². The van der Waals surface area contributed by atoms with Crippen LogP contribution in [0.25, 0.3) is 0 Å². The average molecular weight is 203 g/mol. The minimum Gasteiger partial charge on any atom is -0.412 e. The lowest BCUT2D eigenvalue weighted by Crippen LogP contribution is -2.14. The molecule has 0 bridgehead atoms. The van der Waals surface area contributed by atoms with Crippen LogP contribution in [-0.2, 0) is 6.54 Å². The van der Waals surface area contributed by atoms with E-state index in [0.717, 1.165) is 0 Å². The third kappa shape index (κ3) is 2.51. The van der Waals surface area contributed by atoms with Gasteiger partial charge in [-0.05, 0) is 11.8 Å². The second-order valence-electron chi connectivity index (χ2n) is 2.88. The van der Waals surface area contributed by atoms with E-state index in [4.69, 9.17) is 5.11 Å². The molecule has 14 heavy (non-hydrogen) atoms. The van der Waals surface area contributed by atoms with Crippen LogP contribution >= 0.6 is 0 Å². The van der Waals surface area contributed by atoms with Crippen molar-refractivity contribution in [2.24, 2.45) is 0 Å². The van der Waals surface area contributed by atoms with Crippen LogP contribution in [0.1, 0.15) is 12.7 Å². The van der Waals surface area contributed by atoms with Gasteiger partial charge in [0.05, 0.1) is 6.10 Å². The molecule has 3 N–H and O–H groups in total. The first kappa shape index (κ1) is 12.5. The van der Waals surface area contributed by atoms with E-state index in [1.54, 1.807) is 13.8 Å². The number of imidazole rings is 1. The number of aliphatic hydroxyl groups excluding tert-OH is 1. The van der Waals surface area contributed by atoms with E-state index in [0.29, 0.717) is 5.82 Å². The van der Waals surface area contributed by atoms with Gasteiger partial charge in [-0.3, -0.25) is 0 Å². The van der Waals surface area contributed by atoms with Gasteiger partial charge in [0.2, 0.25) is 0 Å². The molecule has 0 saturated carbocycles. The molecular weight excluding hydrogens is 190 g/mol. The van der Waals surface area contributed by atoms with Gasteiger partial charge in [0.15, 0.2) is 5.82 Å². The highest BCUT2D eigenvalue weighted by molar-refractivity contribution is 5.18. The molecule has 7 nitrogen and oxygen atoms in total. The molecule has 0 aliphatic rings. The molecule has 0 fully saturated rings. The van der Waals surface area contributed by atoms with Crippen LogP contribution in [0.3, 0.4) is 0 Å². The highest BCUT2D eigenvalue weighted by Gasteiger charge is 2.18. The van der Waals surface area contributed by atoms with Gasteiger partial charge in [-0.1, -0.05) is 0 Å². The van der Waals surface area contributed by atoms with Crippen LogP contribution in [-0.4, -0.2) is 31.2 Å². The van der Waals surface area contributed by atoms with Crippen molar-refractivity contribution in [1.82, 2.24) is 9.55 Å². The summed E-state index contributed by atoms with van der Waals surface area (Å²) in [7, 11) is 0. The third-order valence-corrected chi connectivity index (χ3v) is 1.67. The summed E-state index contributed by atoms with van der Waals surface area (Å²) in [5.74, 6) is 0.450. The summed E-state index contributed by atoms with van der Waals surface area (Å²) in [6, 6.07) is 0. The quantitative estimate of drug-likeness (QED) is 0.534. The lowest BCUT2D eigenvalue weighted by molar-refractivity contribution is -0.392. The van der Waals surface area contributed by atoms with Gasteiger partial charge >= 0.3 is 5.82 Å². The third-order valence-electron chi connectivity index (χ3n) is 1.67. The lowest BCUT2D eigenvalue weighted by atomic mass is 10.4. The van der Waals surface area contributed by atoms with Crippen molar-refractivity contribution in [3.63, 3.8) is 0 Å². The molecule has 0 spiro atoms. The van der Waals surface area contributed by atoms with Gasteiger partial charge in [0.25, 0.3) is 0 Å². The molecule has 1 atom stereocenters. The molecular formula is C7H13N3O4. The first-order valence-electron chi connectivity index (χ1n) is 3.87. The molecule has 1 aromatic heterocycles. The van der Waals surface area contributed by atoms with E-state index in [-0.39, 0.29) is 17.8 Å². The predicted octanol–water partition coefficient (Wildman–Crippen LogP) is -0.344. The maximum atomic E-state index is 10.5. The zero-order chi connectivity index (χ0) is 10.0. The number of nitro groups is 1. The maximum Gasteiger partial charge on any atom is 0.342 e. The Morgan fingerprint density at radius 1 is 1.79 bits per heavy atom. The highest BCUT2D eigenvalue weighted by atomic mass is 16.6. The summed E-state index contributed by atoms with van der Waals surface area (Å²) in [5, 5.41) is 19.6. The molecule has 0 aliphatic carbocycles. The van der Waals surface area contributed by atoms with Crippen molar-refractivity contribution in [3.05, 3.63) is 22.1 Å². The zero-order valence-corrected chi connectivity index (χ0v) is 7.97. The van der Waals surface area contributed by atoms with Crippen LogP contribution < -0.4 is 0 Å². The smallest absolute Gasteiger partial charge is 0.342 e. The summed E-state index contributed by atoms with van der Waals surface area (Å²) >= 11 is 0. The monoisotopic (exact) mass is 203 g/mol. The van der Waals surface area contributed by atoms with E-state index >= 15 is 0 Å². The van der Waals surface area contributed by atoms with E-state index in [2.05, 4.69) is 4.98 Å². The lowest BCUT2D eigenvalue weighted by Gasteiger charge is -2.04. The Kier molecular flexibility index (Phi) is 4.19. The second-order valence-corrected chi connectivity index (χ2v) is 2.88. The number of nitrogens with zero attached hydrogens (tertiary/aromatic N) is 3. The van der Waals surface area contributed by atoms with E-state index in [9.17, 15) is 10.1 Å². The molecule has 0 saturated heterocycles. The number of hydrogen-bond acceptors (Lipinski definition) is 4. The molecule has 0 amide bonds. The Hall–Kier alpha value is -1.47. The Balaban J connectivity index is 0.00000169. The molecule has 1 unspecified atom stereocenters. The molecule has 1 aromatic rings. The fraction of sp³-hybridized carbons (Fsp3) is 0.571. The second kappa shape index (κ2) is 4.68. The fourth-order valence-electron chi connectivity index (χ4n) is 1.09. The molecule has 7 heteroatoms. The first-order chi connectivity index (χ1) is 6.02. The summed E-state index contributed by atoms with van der Waals surface area (Å²) in [4.78, 5) is 13.8. The average Bonchev–Trinajstić information content (AvgIpc) is 2.32. The van der Waals surface area contributed by atoms with Crippen molar-refractivity contribution in [2.75, 3.05) is 0 Å². The van der Waals surface area contributed by atoms with Gasteiger partial charge in [-0.2, -0.15) is 0 Å². The maximum absolute atomic E-state index is 10.5. The SMILES string of the molecule is Cc1ncc([N+](=O)[O-])n1CC(C)O.O. The Labute approximate surface area is 80.5 Å². The predicted molar refractivity (Wildman–Crippen MR) is 48.9 cm³/mol.